The number of nitrogen functional groups attached to an aromatic ring is 1. The van der Waals surface area contributed by atoms with Gasteiger partial charge in [0.2, 0.25) is 0 Å². The normalized spacial score (nSPS) is 11.6. The third kappa shape index (κ3) is 3.11. The summed E-state index contributed by atoms with van der Waals surface area (Å²) < 4.78 is 41.8. The van der Waals surface area contributed by atoms with E-state index in [1.54, 1.807) is 6.92 Å². The Bertz CT molecular complexity index is 426. The van der Waals surface area contributed by atoms with E-state index in [0.29, 0.717) is 4.68 Å². The van der Waals surface area contributed by atoms with Gasteiger partial charge in [0.05, 0.1) is 12.3 Å². The zero-order valence-electron chi connectivity index (χ0n) is 9.34. The molecule has 1 aromatic heterocycles. The van der Waals surface area contributed by atoms with Crippen molar-refractivity contribution in [2.45, 2.75) is 26.6 Å². The number of alkyl halides is 3. The summed E-state index contributed by atoms with van der Waals surface area (Å²) in [6.07, 6.45) is -4.45. The van der Waals surface area contributed by atoms with Gasteiger partial charge in [0.25, 0.3) is 0 Å². The molecule has 5 nitrogen and oxygen atoms in total. The van der Waals surface area contributed by atoms with Gasteiger partial charge in [-0.1, -0.05) is 0 Å². The number of rotatable bonds is 3. The van der Waals surface area contributed by atoms with Crippen LogP contribution in [0, 0.1) is 6.92 Å². The Morgan fingerprint density at radius 1 is 1.53 bits per heavy atom. The van der Waals surface area contributed by atoms with Crippen LogP contribution in [0.3, 0.4) is 0 Å². The molecule has 0 saturated carbocycles. The molecule has 1 heterocycles. The van der Waals surface area contributed by atoms with Crippen molar-refractivity contribution in [1.82, 2.24) is 9.78 Å². The van der Waals surface area contributed by atoms with Gasteiger partial charge in [-0.15, -0.1) is 0 Å². The Morgan fingerprint density at radius 3 is 2.59 bits per heavy atom. The average molecular weight is 251 g/mol. The number of hydrogen-bond donors (Lipinski definition) is 1. The number of aromatic nitrogens is 2. The average Bonchev–Trinajstić information content (AvgIpc) is 2.39. The monoisotopic (exact) mass is 251 g/mol. The van der Waals surface area contributed by atoms with Crippen LogP contribution < -0.4 is 5.73 Å². The number of anilines is 1. The molecule has 0 spiro atoms. The molecule has 0 bridgehead atoms. The number of halogens is 3. The Labute approximate surface area is 95.3 Å². The molecule has 0 aliphatic rings. The summed E-state index contributed by atoms with van der Waals surface area (Å²) in [4.78, 5) is 11.4. The Hall–Kier alpha value is -1.73. The van der Waals surface area contributed by atoms with Crippen LogP contribution >= 0.6 is 0 Å². The molecule has 0 aromatic carbocycles. The second-order valence-electron chi connectivity index (χ2n) is 3.34. The number of nitrogens with zero attached hydrogens (tertiary/aromatic N) is 2. The molecule has 0 amide bonds. The van der Waals surface area contributed by atoms with Gasteiger partial charge >= 0.3 is 12.1 Å². The van der Waals surface area contributed by atoms with Crippen molar-refractivity contribution in [1.29, 1.82) is 0 Å². The number of aryl methyl sites for hydroxylation is 1. The SMILES string of the molecule is CCOC(=O)c1c(C)nn(CC(F)(F)F)c1N. The van der Waals surface area contributed by atoms with Crippen molar-refractivity contribution in [3.63, 3.8) is 0 Å². The minimum Gasteiger partial charge on any atom is -0.462 e. The van der Waals surface area contributed by atoms with Gasteiger partial charge < -0.3 is 10.5 Å². The summed E-state index contributed by atoms with van der Waals surface area (Å²) in [5.74, 6) is -1.10. The first-order valence-corrected chi connectivity index (χ1v) is 4.83. The Kier molecular flexibility index (Phi) is 3.64. The molecule has 0 unspecified atom stereocenters. The van der Waals surface area contributed by atoms with E-state index in [1.165, 1.54) is 6.92 Å². The summed E-state index contributed by atoms with van der Waals surface area (Å²) in [5.41, 5.74) is 5.44. The maximum Gasteiger partial charge on any atom is 0.408 e. The molecule has 0 fully saturated rings. The van der Waals surface area contributed by atoms with Gasteiger partial charge in [-0.05, 0) is 13.8 Å². The molecule has 1 rings (SSSR count). The number of carbonyl (C=O) groups excluding carboxylic acids is 1. The second-order valence-corrected chi connectivity index (χ2v) is 3.34. The zero-order chi connectivity index (χ0) is 13.2. The maximum absolute atomic E-state index is 12.2. The van der Waals surface area contributed by atoms with E-state index in [-0.39, 0.29) is 23.7 Å². The standard InChI is InChI=1S/C9H12F3N3O2/c1-3-17-8(16)6-5(2)14-15(7(6)13)4-9(10,11)12/h3-4,13H2,1-2H3. The van der Waals surface area contributed by atoms with E-state index in [4.69, 9.17) is 5.73 Å². The quantitative estimate of drug-likeness (QED) is 0.827. The van der Waals surface area contributed by atoms with Crippen LogP contribution in [-0.2, 0) is 11.3 Å². The minimum atomic E-state index is -4.45. The summed E-state index contributed by atoms with van der Waals surface area (Å²) in [6.45, 7) is 1.76. The van der Waals surface area contributed by atoms with Gasteiger partial charge in [0.15, 0.2) is 0 Å². The first-order valence-electron chi connectivity index (χ1n) is 4.83. The van der Waals surface area contributed by atoms with Gasteiger partial charge in [-0.25, -0.2) is 9.48 Å². The summed E-state index contributed by atoms with van der Waals surface area (Å²) in [5, 5.41) is 3.57. The summed E-state index contributed by atoms with van der Waals surface area (Å²) in [6, 6.07) is 0. The van der Waals surface area contributed by atoms with Crippen LogP contribution in [0.25, 0.3) is 0 Å². The lowest BCUT2D eigenvalue weighted by molar-refractivity contribution is -0.142. The maximum atomic E-state index is 12.2. The third-order valence-electron chi connectivity index (χ3n) is 1.98. The van der Waals surface area contributed by atoms with Crippen LogP contribution in [-0.4, -0.2) is 28.5 Å². The van der Waals surface area contributed by atoms with Crippen LogP contribution in [0.5, 0.6) is 0 Å². The third-order valence-corrected chi connectivity index (χ3v) is 1.98. The van der Waals surface area contributed by atoms with Crippen molar-refractivity contribution in [3.05, 3.63) is 11.3 Å². The number of esters is 1. The molecule has 0 aliphatic carbocycles. The Morgan fingerprint density at radius 2 is 2.12 bits per heavy atom. The molecule has 0 saturated heterocycles. The molecular weight excluding hydrogens is 239 g/mol. The Balaban J connectivity index is 3.06. The fraction of sp³-hybridized carbons (Fsp3) is 0.556. The predicted molar refractivity (Wildman–Crippen MR) is 53.4 cm³/mol. The first-order chi connectivity index (χ1) is 7.76. The van der Waals surface area contributed by atoms with Gasteiger partial charge in [-0.2, -0.15) is 18.3 Å². The number of carbonyl (C=O) groups is 1. The largest absolute Gasteiger partial charge is 0.462 e. The summed E-state index contributed by atoms with van der Waals surface area (Å²) in [7, 11) is 0. The van der Waals surface area contributed by atoms with E-state index in [2.05, 4.69) is 9.84 Å². The predicted octanol–water partition coefficient (Wildman–Crippen LogP) is 1.51. The first kappa shape index (κ1) is 13.3. The highest BCUT2D eigenvalue weighted by molar-refractivity contribution is 5.95. The van der Waals surface area contributed by atoms with Crippen LogP contribution in [0.2, 0.25) is 0 Å². The number of ether oxygens (including phenoxy) is 1. The number of hydrogen-bond acceptors (Lipinski definition) is 4. The highest BCUT2D eigenvalue weighted by Crippen LogP contribution is 2.23. The van der Waals surface area contributed by atoms with E-state index >= 15 is 0 Å². The van der Waals surface area contributed by atoms with Crippen molar-refractivity contribution in [3.8, 4) is 0 Å². The highest BCUT2D eigenvalue weighted by Gasteiger charge is 2.31. The smallest absolute Gasteiger partial charge is 0.408 e. The van der Waals surface area contributed by atoms with Gasteiger partial charge in [0, 0.05) is 0 Å². The molecule has 1 aromatic rings. The second kappa shape index (κ2) is 4.64. The minimum absolute atomic E-state index is 0.113. The van der Waals surface area contributed by atoms with Crippen LogP contribution in [0.4, 0.5) is 19.0 Å². The lowest BCUT2D eigenvalue weighted by Crippen LogP contribution is -2.20. The van der Waals surface area contributed by atoms with Gasteiger partial charge in [-0.3, -0.25) is 0 Å². The molecule has 0 aliphatic heterocycles. The van der Waals surface area contributed by atoms with Crippen LogP contribution in [0.15, 0.2) is 0 Å². The molecule has 17 heavy (non-hydrogen) atoms. The fourth-order valence-corrected chi connectivity index (χ4v) is 1.35. The molecule has 8 heteroatoms. The zero-order valence-corrected chi connectivity index (χ0v) is 9.34. The molecule has 0 radical (unpaired) electrons. The molecule has 96 valence electrons. The van der Waals surface area contributed by atoms with Crippen molar-refractivity contribution < 1.29 is 22.7 Å². The van der Waals surface area contributed by atoms with E-state index < -0.39 is 18.7 Å². The molecular formula is C9H12F3N3O2. The van der Waals surface area contributed by atoms with Crippen molar-refractivity contribution >= 4 is 11.8 Å². The van der Waals surface area contributed by atoms with Crippen molar-refractivity contribution in [2.75, 3.05) is 12.3 Å². The van der Waals surface area contributed by atoms with Crippen molar-refractivity contribution in [2.24, 2.45) is 0 Å². The topological polar surface area (TPSA) is 70.1 Å². The van der Waals surface area contributed by atoms with E-state index in [9.17, 15) is 18.0 Å². The fourth-order valence-electron chi connectivity index (χ4n) is 1.35. The van der Waals surface area contributed by atoms with Gasteiger partial charge in [0.1, 0.15) is 17.9 Å². The van der Waals surface area contributed by atoms with Crippen LogP contribution in [0.1, 0.15) is 23.0 Å². The van der Waals surface area contributed by atoms with E-state index in [0.717, 1.165) is 0 Å². The lowest BCUT2D eigenvalue weighted by Gasteiger charge is -2.08. The molecule has 0 atom stereocenters. The van der Waals surface area contributed by atoms with E-state index in [1.807, 2.05) is 0 Å². The molecule has 2 N–H and O–H groups in total. The lowest BCUT2D eigenvalue weighted by atomic mass is 10.2. The summed E-state index contributed by atoms with van der Waals surface area (Å²) >= 11 is 0. The number of nitrogens with two attached hydrogens (primary N) is 1. The highest BCUT2D eigenvalue weighted by atomic mass is 19.4.